The molecule has 138 valence electrons. The van der Waals surface area contributed by atoms with Crippen LogP contribution in [0.3, 0.4) is 0 Å². The first-order valence-electron chi connectivity index (χ1n) is 7.06. The zero-order chi connectivity index (χ0) is 19.1. The third-order valence-corrected chi connectivity index (χ3v) is 3.99. The Labute approximate surface area is 144 Å². The number of halogens is 3. The van der Waals surface area contributed by atoms with Crippen LogP contribution in [0.25, 0.3) is 22.5 Å². The summed E-state index contributed by atoms with van der Waals surface area (Å²) < 4.78 is 69.1. The third-order valence-electron chi connectivity index (χ3n) is 3.26. The van der Waals surface area contributed by atoms with E-state index in [0.29, 0.717) is 11.3 Å². The number of sulfone groups is 1. The average Bonchev–Trinajstić information content (AvgIpc) is 2.80. The summed E-state index contributed by atoms with van der Waals surface area (Å²) in [6, 6.07) is 7.87. The number of pyridine rings is 1. The third kappa shape index (κ3) is 4.04. The molecule has 0 saturated heterocycles. The van der Waals surface area contributed by atoms with Crippen molar-refractivity contribution in [3.63, 3.8) is 0 Å². The highest BCUT2D eigenvalue weighted by Crippen LogP contribution is 2.26. The van der Waals surface area contributed by atoms with Crippen molar-refractivity contribution in [3.05, 3.63) is 46.9 Å². The minimum absolute atomic E-state index is 0.0218. The molecule has 0 radical (unpaired) electrons. The van der Waals surface area contributed by atoms with E-state index in [-0.39, 0.29) is 17.0 Å². The lowest BCUT2D eigenvalue weighted by molar-refractivity contribution is -0.274. The van der Waals surface area contributed by atoms with Crippen LogP contribution in [0, 0.1) is 0 Å². The highest BCUT2D eigenvalue weighted by Gasteiger charge is 2.31. The summed E-state index contributed by atoms with van der Waals surface area (Å²) in [6.07, 6.45) is -3.83. The van der Waals surface area contributed by atoms with E-state index in [1.165, 1.54) is 24.3 Å². The molecule has 26 heavy (non-hydrogen) atoms. The molecule has 7 nitrogen and oxygen atoms in total. The lowest BCUT2D eigenvalue weighted by Crippen LogP contribution is -2.19. The second-order valence-corrected chi connectivity index (χ2v) is 7.55. The lowest BCUT2D eigenvalue weighted by atomic mass is 10.1. The van der Waals surface area contributed by atoms with Gasteiger partial charge in [-0.3, -0.25) is 0 Å². The smallest absolute Gasteiger partial charge is 0.406 e. The number of oxazole rings is 1. The molecule has 0 N–H and O–H groups in total. The molecular weight excluding hydrogens is 377 g/mol. The van der Waals surface area contributed by atoms with Crippen molar-refractivity contribution in [1.29, 1.82) is 0 Å². The number of aromatic nitrogens is 2. The van der Waals surface area contributed by atoms with Gasteiger partial charge in [-0.2, -0.15) is 0 Å². The van der Waals surface area contributed by atoms with Crippen LogP contribution in [0.2, 0.25) is 0 Å². The highest BCUT2D eigenvalue weighted by atomic mass is 32.2. The van der Waals surface area contributed by atoms with Crippen LogP contribution in [0.4, 0.5) is 13.2 Å². The molecule has 0 fully saturated rings. The van der Waals surface area contributed by atoms with Crippen LogP contribution in [-0.4, -0.2) is 30.6 Å². The Morgan fingerprint density at radius 2 is 1.81 bits per heavy atom. The maximum absolute atomic E-state index is 12.2. The Hall–Kier alpha value is -2.82. The second-order valence-electron chi connectivity index (χ2n) is 5.44. The van der Waals surface area contributed by atoms with E-state index in [1.807, 2.05) is 0 Å². The molecule has 1 aromatic carbocycles. The summed E-state index contributed by atoms with van der Waals surface area (Å²) in [6.45, 7) is 0. The van der Waals surface area contributed by atoms with Crippen molar-refractivity contribution in [2.24, 2.45) is 0 Å². The summed E-state index contributed by atoms with van der Waals surface area (Å²) in [5.74, 6) is -1.86. The van der Waals surface area contributed by atoms with Crippen LogP contribution in [0.15, 0.2) is 45.6 Å². The summed E-state index contributed by atoms with van der Waals surface area (Å²) >= 11 is 0. The van der Waals surface area contributed by atoms with Crippen molar-refractivity contribution in [2.75, 3.05) is 6.26 Å². The molecule has 0 aliphatic carbocycles. The van der Waals surface area contributed by atoms with Gasteiger partial charge in [-0.05, 0) is 36.4 Å². The molecule has 0 unspecified atom stereocenters. The number of rotatable bonds is 4. The van der Waals surface area contributed by atoms with E-state index in [0.717, 1.165) is 23.0 Å². The van der Waals surface area contributed by atoms with Gasteiger partial charge in [0.25, 0.3) is 0 Å². The molecule has 0 aliphatic heterocycles. The van der Waals surface area contributed by atoms with Crippen LogP contribution < -0.4 is 10.5 Å². The highest BCUT2D eigenvalue weighted by molar-refractivity contribution is 7.89. The van der Waals surface area contributed by atoms with Crippen molar-refractivity contribution in [2.45, 2.75) is 12.2 Å². The molecule has 2 aromatic heterocycles. The van der Waals surface area contributed by atoms with Gasteiger partial charge in [0.1, 0.15) is 11.6 Å². The first-order chi connectivity index (χ1) is 12.0. The molecule has 0 aliphatic rings. The summed E-state index contributed by atoms with van der Waals surface area (Å²) in [5.41, 5.74) is 0.882. The van der Waals surface area contributed by atoms with Gasteiger partial charge in [0.05, 0.1) is 5.69 Å². The number of nitrogens with zero attached hydrogens (tertiary/aromatic N) is 2. The van der Waals surface area contributed by atoms with Gasteiger partial charge in [-0.15, -0.1) is 13.2 Å². The molecule has 0 bridgehead atoms. The molecule has 11 heteroatoms. The molecule has 0 spiro atoms. The maximum Gasteiger partial charge on any atom is 0.573 e. The monoisotopic (exact) mass is 388 g/mol. The van der Waals surface area contributed by atoms with Gasteiger partial charge in [0.15, 0.2) is 21.1 Å². The van der Waals surface area contributed by atoms with Crippen LogP contribution >= 0.6 is 0 Å². The van der Waals surface area contributed by atoms with E-state index in [1.54, 1.807) is 0 Å². The number of benzene rings is 1. The van der Waals surface area contributed by atoms with Gasteiger partial charge in [-0.1, -0.05) is 0 Å². The van der Waals surface area contributed by atoms with Crippen molar-refractivity contribution in [3.8, 4) is 17.0 Å². The van der Waals surface area contributed by atoms with E-state index >= 15 is 0 Å². The van der Waals surface area contributed by atoms with Gasteiger partial charge in [0.2, 0.25) is 0 Å². The number of ether oxygens (including phenoxy) is 1. The Bertz CT molecular complexity index is 1110. The fourth-order valence-electron chi connectivity index (χ4n) is 2.28. The quantitative estimate of drug-likeness (QED) is 0.682. The largest absolute Gasteiger partial charge is 0.573 e. The van der Waals surface area contributed by atoms with Crippen LogP contribution in [-0.2, 0) is 15.7 Å². The topological polar surface area (TPSA) is 91.4 Å². The summed E-state index contributed by atoms with van der Waals surface area (Å²) in [4.78, 5) is 16.0. The summed E-state index contributed by atoms with van der Waals surface area (Å²) in [5, 5.41) is 0. The zero-order valence-corrected chi connectivity index (χ0v) is 14.0. The minimum atomic E-state index is -4.79. The number of hydrogen-bond acceptors (Lipinski definition) is 6. The van der Waals surface area contributed by atoms with Gasteiger partial charge in [-0.25, -0.2) is 22.8 Å². The second kappa shape index (κ2) is 6.16. The molecule has 0 amide bonds. The van der Waals surface area contributed by atoms with E-state index in [4.69, 9.17) is 4.42 Å². The predicted molar refractivity (Wildman–Crippen MR) is 85.2 cm³/mol. The van der Waals surface area contributed by atoms with E-state index < -0.39 is 27.8 Å². The van der Waals surface area contributed by atoms with E-state index in [9.17, 15) is 26.4 Å². The number of hydrogen-bond donors (Lipinski definition) is 0. The lowest BCUT2D eigenvalue weighted by Gasteiger charge is -2.09. The van der Waals surface area contributed by atoms with Gasteiger partial charge < -0.3 is 9.15 Å². The van der Waals surface area contributed by atoms with Crippen molar-refractivity contribution >= 4 is 21.1 Å². The van der Waals surface area contributed by atoms with Gasteiger partial charge in [0, 0.05) is 11.8 Å². The normalized spacial score (nSPS) is 12.5. The Morgan fingerprint density at radius 1 is 1.15 bits per heavy atom. The zero-order valence-electron chi connectivity index (χ0n) is 13.1. The Balaban J connectivity index is 2.01. The van der Waals surface area contributed by atoms with Crippen LogP contribution in [0.5, 0.6) is 5.75 Å². The average molecular weight is 388 g/mol. The molecule has 3 rings (SSSR count). The van der Waals surface area contributed by atoms with E-state index in [2.05, 4.69) is 9.72 Å². The summed E-state index contributed by atoms with van der Waals surface area (Å²) in [7, 11) is -3.52. The fourth-order valence-corrected chi connectivity index (χ4v) is 2.98. The van der Waals surface area contributed by atoms with Crippen molar-refractivity contribution in [1.82, 2.24) is 9.55 Å². The molecule has 3 aromatic rings. The standard InChI is InChI=1S/C15H11F3N2O5S/c1-26(22,23)8-20-13-12(24-14(20)21)7-6-11(19-13)9-2-4-10(5-3-9)25-15(16,17)18/h2-7H,8H2,1H3. The van der Waals surface area contributed by atoms with Gasteiger partial charge >= 0.3 is 12.1 Å². The number of alkyl halides is 3. The Morgan fingerprint density at radius 3 is 2.38 bits per heavy atom. The molecule has 0 saturated carbocycles. The Kier molecular flexibility index (Phi) is 4.26. The molecule has 2 heterocycles. The molecular formula is C15H11F3N2O5S. The first kappa shape index (κ1) is 18.0. The fraction of sp³-hybridized carbons (Fsp3) is 0.200. The van der Waals surface area contributed by atoms with Crippen molar-refractivity contribution < 1.29 is 30.7 Å². The first-order valence-corrected chi connectivity index (χ1v) is 9.12. The van der Waals surface area contributed by atoms with Crippen LogP contribution in [0.1, 0.15) is 0 Å². The maximum atomic E-state index is 12.2. The molecule has 0 atom stereocenters. The minimum Gasteiger partial charge on any atom is -0.406 e. The predicted octanol–water partition coefficient (Wildman–Crippen LogP) is 2.56. The SMILES string of the molecule is CS(=O)(=O)Cn1c(=O)oc2ccc(-c3ccc(OC(F)(F)F)cc3)nc21. The number of fused-ring (bicyclic) bond motifs is 1.